The van der Waals surface area contributed by atoms with Gasteiger partial charge in [0.25, 0.3) is 5.91 Å². The molecule has 0 radical (unpaired) electrons. The first-order chi connectivity index (χ1) is 11.9. The van der Waals surface area contributed by atoms with Crippen LogP contribution in [0.15, 0.2) is 48.5 Å². The lowest BCUT2D eigenvalue weighted by atomic mass is 10.1. The van der Waals surface area contributed by atoms with Crippen LogP contribution in [-0.2, 0) is 22.1 Å². The fraction of sp³-hybridized carbons (Fsp3) is 0.222. The number of fused-ring (bicyclic) bond motifs is 1. The van der Waals surface area contributed by atoms with Gasteiger partial charge in [0.15, 0.2) is 6.61 Å². The molecular formula is C18H14F3NO3. The van der Waals surface area contributed by atoms with Gasteiger partial charge in [-0.2, -0.15) is 13.2 Å². The molecule has 0 fully saturated rings. The van der Waals surface area contributed by atoms with Crippen molar-refractivity contribution in [2.75, 3.05) is 18.1 Å². The van der Waals surface area contributed by atoms with Gasteiger partial charge in [0.2, 0.25) is 0 Å². The van der Waals surface area contributed by atoms with Crippen molar-refractivity contribution >= 4 is 17.6 Å². The van der Waals surface area contributed by atoms with Crippen LogP contribution in [0, 0.1) is 0 Å². The van der Waals surface area contributed by atoms with Crippen LogP contribution in [0.2, 0.25) is 0 Å². The third-order valence-corrected chi connectivity index (χ3v) is 3.97. The summed E-state index contributed by atoms with van der Waals surface area (Å²) in [6, 6.07) is 11.7. The van der Waals surface area contributed by atoms with E-state index in [0.29, 0.717) is 13.0 Å². The Hall–Kier alpha value is -2.83. The average molecular weight is 349 g/mol. The standard InChI is InChI=1S/C18H14F3NO3/c19-18(20,21)14-7-3-2-6-13(14)17(24)25-11-16(23)22-10-9-12-5-1-4-8-15(12)22/h1-8H,9-11H2. The topological polar surface area (TPSA) is 46.6 Å². The molecule has 1 amide bonds. The first-order valence-corrected chi connectivity index (χ1v) is 7.59. The van der Waals surface area contributed by atoms with E-state index in [2.05, 4.69) is 0 Å². The highest BCUT2D eigenvalue weighted by molar-refractivity contribution is 5.98. The Kier molecular flexibility index (Phi) is 4.48. The maximum atomic E-state index is 12.9. The first-order valence-electron chi connectivity index (χ1n) is 7.59. The van der Waals surface area contributed by atoms with Gasteiger partial charge in [-0.05, 0) is 30.2 Å². The number of amides is 1. The largest absolute Gasteiger partial charge is 0.452 e. The van der Waals surface area contributed by atoms with E-state index in [1.165, 1.54) is 17.0 Å². The number of rotatable bonds is 3. The minimum Gasteiger partial charge on any atom is -0.452 e. The Balaban J connectivity index is 1.69. The number of hydrogen-bond donors (Lipinski definition) is 0. The summed E-state index contributed by atoms with van der Waals surface area (Å²) in [6.07, 6.45) is -3.99. The molecule has 7 heteroatoms. The number of alkyl halides is 3. The van der Waals surface area contributed by atoms with Crippen molar-refractivity contribution in [1.29, 1.82) is 0 Å². The average Bonchev–Trinajstić information content (AvgIpc) is 3.03. The molecule has 0 atom stereocenters. The van der Waals surface area contributed by atoms with Crippen molar-refractivity contribution in [3.8, 4) is 0 Å². The Morgan fingerprint density at radius 1 is 1.04 bits per heavy atom. The van der Waals surface area contributed by atoms with Crippen molar-refractivity contribution in [3.05, 3.63) is 65.2 Å². The normalized spacial score (nSPS) is 13.5. The molecule has 2 aromatic carbocycles. The molecule has 1 aliphatic rings. The number of hydrogen-bond acceptors (Lipinski definition) is 3. The summed E-state index contributed by atoms with van der Waals surface area (Å²) >= 11 is 0. The van der Waals surface area contributed by atoms with Crippen molar-refractivity contribution in [1.82, 2.24) is 0 Å². The molecular weight excluding hydrogens is 335 g/mol. The zero-order valence-corrected chi connectivity index (χ0v) is 13.0. The quantitative estimate of drug-likeness (QED) is 0.798. The lowest BCUT2D eigenvalue weighted by molar-refractivity contribution is -0.138. The van der Waals surface area contributed by atoms with Gasteiger partial charge >= 0.3 is 12.1 Å². The van der Waals surface area contributed by atoms with Crippen molar-refractivity contribution in [2.24, 2.45) is 0 Å². The minimum absolute atomic E-state index is 0.453. The number of para-hydroxylation sites is 1. The van der Waals surface area contributed by atoms with Gasteiger partial charge in [-0.3, -0.25) is 4.79 Å². The molecule has 130 valence electrons. The summed E-state index contributed by atoms with van der Waals surface area (Å²) in [4.78, 5) is 25.7. The van der Waals surface area contributed by atoms with E-state index in [9.17, 15) is 22.8 Å². The van der Waals surface area contributed by atoms with E-state index in [0.717, 1.165) is 23.4 Å². The lowest BCUT2D eigenvalue weighted by Gasteiger charge is -2.17. The predicted molar refractivity (Wildman–Crippen MR) is 84.2 cm³/mol. The van der Waals surface area contributed by atoms with E-state index < -0.39 is 35.8 Å². The zero-order chi connectivity index (χ0) is 18.0. The molecule has 25 heavy (non-hydrogen) atoms. The molecule has 0 spiro atoms. The highest BCUT2D eigenvalue weighted by Gasteiger charge is 2.35. The van der Waals surface area contributed by atoms with Crippen LogP contribution in [-0.4, -0.2) is 25.0 Å². The first kappa shape index (κ1) is 17.0. The second-order valence-electron chi connectivity index (χ2n) is 5.54. The van der Waals surface area contributed by atoms with Gasteiger partial charge in [-0.15, -0.1) is 0 Å². The van der Waals surface area contributed by atoms with Crippen LogP contribution in [0.3, 0.4) is 0 Å². The molecule has 0 N–H and O–H groups in total. The van der Waals surface area contributed by atoms with Gasteiger partial charge < -0.3 is 9.64 Å². The maximum Gasteiger partial charge on any atom is 0.417 e. The van der Waals surface area contributed by atoms with Crippen LogP contribution in [0.5, 0.6) is 0 Å². The van der Waals surface area contributed by atoms with E-state index in [1.807, 2.05) is 12.1 Å². The molecule has 1 heterocycles. The van der Waals surface area contributed by atoms with Gasteiger partial charge in [0.05, 0.1) is 11.1 Å². The van der Waals surface area contributed by atoms with E-state index >= 15 is 0 Å². The smallest absolute Gasteiger partial charge is 0.417 e. The fourth-order valence-electron chi connectivity index (χ4n) is 2.79. The zero-order valence-electron chi connectivity index (χ0n) is 13.0. The summed E-state index contributed by atoms with van der Waals surface area (Å²) in [5.74, 6) is -1.64. The molecule has 1 aliphatic heterocycles. The highest BCUT2D eigenvalue weighted by Crippen LogP contribution is 2.32. The number of carbonyl (C=O) groups is 2. The van der Waals surface area contributed by atoms with Crippen LogP contribution in [0.1, 0.15) is 21.5 Å². The highest BCUT2D eigenvalue weighted by atomic mass is 19.4. The van der Waals surface area contributed by atoms with Crippen LogP contribution in [0.4, 0.5) is 18.9 Å². The van der Waals surface area contributed by atoms with Crippen LogP contribution >= 0.6 is 0 Å². The molecule has 0 aromatic heterocycles. The third-order valence-electron chi connectivity index (χ3n) is 3.97. The SMILES string of the molecule is O=C(OCC(=O)N1CCc2ccccc21)c1ccccc1C(F)(F)F. The molecule has 0 bridgehead atoms. The van der Waals surface area contributed by atoms with Crippen molar-refractivity contribution in [2.45, 2.75) is 12.6 Å². The summed E-state index contributed by atoms with van der Waals surface area (Å²) in [5.41, 5.74) is 0.0485. The Labute approximate surface area is 141 Å². The second-order valence-corrected chi connectivity index (χ2v) is 5.54. The monoisotopic (exact) mass is 349 g/mol. The molecule has 2 aromatic rings. The number of halogens is 3. The number of nitrogens with zero attached hydrogens (tertiary/aromatic N) is 1. The van der Waals surface area contributed by atoms with Crippen LogP contribution in [0.25, 0.3) is 0 Å². The lowest BCUT2D eigenvalue weighted by Crippen LogP contribution is -2.33. The number of carbonyl (C=O) groups excluding carboxylic acids is 2. The molecule has 0 unspecified atom stereocenters. The number of esters is 1. The molecule has 0 aliphatic carbocycles. The molecule has 4 nitrogen and oxygen atoms in total. The maximum absolute atomic E-state index is 12.9. The Morgan fingerprint density at radius 3 is 2.48 bits per heavy atom. The number of benzene rings is 2. The Morgan fingerprint density at radius 2 is 1.72 bits per heavy atom. The molecule has 0 saturated heterocycles. The molecule has 0 saturated carbocycles. The van der Waals surface area contributed by atoms with Crippen molar-refractivity contribution < 1.29 is 27.5 Å². The van der Waals surface area contributed by atoms with Gasteiger partial charge in [0, 0.05) is 12.2 Å². The fourth-order valence-corrected chi connectivity index (χ4v) is 2.79. The summed E-state index contributed by atoms with van der Waals surface area (Å²) in [7, 11) is 0. The second kappa shape index (κ2) is 6.58. The molecule has 3 rings (SSSR count). The predicted octanol–water partition coefficient (Wildman–Crippen LogP) is 3.45. The number of ether oxygens (including phenoxy) is 1. The van der Waals surface area contributed by atoms with Crippen molar-refractivity contribution in [3.63, 3.8) is 0 Å². The summed E-state index contributed by atoms with van der Waals surface area (Å²) < 4.78 is 43.6. The Bertz CT molecular complexity index is 817. The van der Waals surface area contributed by atoms with Gasteiger partial charge in [-0.1, -0.05) is 30.3 Å². The minimum atomic E-state index is -4.67. The van der Waals surface area contributed by atoms with Gasteiger partial charge in [-0.25, -0.2) is 4.79 Å². The van der Waals surface area contributed by atoms with Crippen LogP contribution < -0.4 is 4.90 Å². The summed E-state index contributed by atoms with van der Waals surface area (Å²) in [5, 5.41) is 0. The third kappa shape index (κ3) is 3.50. The summed E-state index contributed by atoms with van der Waals surface area (Å²) in [6.45, 7) is -0.159. The van der Waals surface area contributed by atoms with E-state index in [1.54, 1.807) is 12.1 Å². The van der Waals surface area contributed by atoms with E-state index in [-0.39, 0.29) is 0 Å². The van der Waals surface area contributed by atoms with Gasteiger partial charge in [0.1, 0.15) is 0 Å². The van der Waals surface area contributed by atoms with E-state index in [4.69, 9.17) is 4.74 Å². The number of anilines is 1.